The summed E-state index contributed by atoms with van der Waals surface area (Å²) < 4.78 is 10.1. The van der Waals surface area contributed by atoms with E-state index in [0.29, 0.717) is 5.56 Å². The number of hydrogen-bond donors (Lipinski definition) is 2. The Balaban J connectivity index is 2.48. The van der Waals surface area contributed by atoms with E-state index in [4.69, 9.17) is 21.1 Å². The van der Waals surface area contributed by atoms with Crippen LogP contribution in [0, 0.1) is 6.92 Å². The number of Topliss-reactive ketones (excluding diaryl/α,β-unsaturated/α-hetero) is 2. The minimum Gasteiger partial charge on any atom is -0.507 e. The SMILES string of the molecule is COC(=O)c1c(Cl)c(C)cc(OC)c1C1=C(O)c2cccc(O)c2C(=O)C1=O. The average Bonchev–Trinajstić information content (AvgIpc) is 2.68. The molecule has 28 heavy (non-hydrogen) atoms. The zero-order chi connectivity index (χ0) is 20.7. The molecule has 0 amide bonds. The first kappa shape index (κ1) is 19.4. The van der Waals surface area contributed by atoms with Crippen molar-refractivity contribution < 1.29 is 34.1 Å². The van der Waals surface area contributed by atoms with Gasteiger partial charge in [-0.3, -0.25) is 9.59 Å². The molecule has 144 valence electrons. The number of phenols is 1. The van der Waals surface area contributed by atoms with Gasteiger partial charge in [0.1, 0.15) is 17.3 Å². The highest BCUT2D eigenvalue weighted by Gasteiger charge is 2.39. The minimum absolute atomic E-state index is 0.00935. The second-order valence-corrected chi connectivity index (χ2v) is 6.41. The quantitative estimate of drug-likeness (QED) is 0.598. The molecule has 0 spiro atoms. The third kappa shape index (κ3) is 2.71. The van der Waals surface area contributed by atoms with Crippen molar-refractivity contribution in [2.24, 2.45) is 0 Å². The number of fused-ring (bicyclic) bond motifs is 1. The molecule has 0 unspecified atom stereocenters. The van der Waals surface area contributed by atoms with Crippen LogP contribution < -0.4 is 4.74 Å². The number of carbonyl (C=O) groups is 3. The van der Waals surface area contributed by atoms with Crippen molar-refractivity contribution in [3.05, 3.63) is 57.1 Å². The molecule has 0 aliphatic heterocycles. The van der Waals surface area contributed by atoms with Crippen LogP contribution in [-0.2, 0) is 9.53 Å². The molecule has 0 heterocycles. The van der Waals surface area contributed by atoms with Gasteiger partial charge in [-0.15, -0.1) is 0 Å². The number of aliphatic hydroxyl groups is 1. The molecule has 2 aromatic rings. The van der Waals surface area contributed by atoms with Crippen molar-refractivity contribution >= 4 is 40.5 Å². The third-order valence-corrected chi connectivity index (χ3v) is 4.95. The lowest BCUT2D eigenvalue weighted by atomic mass is 9.82. The molecule has 3 rings (SSSR count). The Morgan fingerprint density at radius 1 is 1.07 bits per heavy atom. The molecule has 1 aliphatic rings. The van der Waals surface area contributed by atoms with Gasteiger partial charge in [0, 0.05) is 11.1 Å². The van der Waals surface area contributed by atoms with Crippen molar-refractivity contribution in [1.82, 2.24) is 0 Å². The maximum atomic E-state index is 12.8. The van der Waals surface area contributed by atoms with Gasteiger partial charge in [-0.1, -0.05) is 23.7 Å². The number of hydrogen-bond acceptors (Lipinski definition) is 7. The van der Waals surface area contributed by atoms with Gasteiger partial charge in [-0.25, -0.2) is 4.79 Å². The lowest BCUT2D eigenvalue weighted by Crippen LogP contribution is -2.25. The lowest BCUT2D eigenvalue weighted by molar-refractivity contribution is -0.110. The molecule has 0 saturated heterocycles. The van der Waals surface area contributed by atoms with Crippen molar-refractivity contribution in [3.63, 3.8) is 0 Å². The number of carbonyl (C=O) groups excluding carboxylic acids is 3. The van der Waals surface area contributed by atoms with Crippen LogP contribution in [-0.4, -0.2) is 42.0 Å². The predicted molar refractivity (Wildman–Crippen MR) is 101 cm³/mol. The molecule has 0 aromatic heterocycles. The molecule has 2 aromatic carbocycles. The fraction of sp³-hybridized carbons (Fsp3) is 0.150. The molecule has 7 nitrogen and oxygen atoms in total. The van der Waals surface area contributed by atoms with E-state index in [9.17, 15) is 24.6 Å². The number of allylic oxidation sites excluding steroid dienone is 1. The van der Waals surface area contributed by atoms with E-state index in [1.54, 1.807) is 6.92 Å². The highest BCUT2D eigenvalue weighted by molar-refractivity contribution is 6.63. The second kappa shape index (κ2) is 7.01. The van der Waals surface area contributed by atoms with Gasteiger partial charge in [0.2, 0.25) is 11.6 Å². The van der Waals surface area contributed by atoms with E-state index < -0.39 is 34.6 Å². The van der Waals surface area contributed by atoms with E-state index in [-0.39, 0.29) is 33.0 Å². The molecule has 0 fully saturated rings. The fourth-order valence-electron chi connectivity index (χ4n) is 3.14. The van der Waals surface area contributed by atoms with Gasteiger partial charge in [-0.05, 0) is 24.6 Å². The number of aromatic hydroxyl groups is 1. The van der Waals surface area contributed by atoms with E-state index in [0.717, 1.165) is 7.11 Å². The Kier molecular flexibility index (Phi) is 4.87. The standard InChI is InChI=1S/C20H15ClO7/c1-8-7-11(27-2)13(14(16(8)21)20(26)28-3)15-17(23)9-5-4-6-10(22)12(9)18(24)19(15)25/h4-7,22-23H,1-3H3. The van der Waals surface area contributed by atoms with E-state index in [1.165, 1.54) is 31.4 Å². The molecule has 0 radical (unpaired) electrons. The first-order valence-electron chi connectivity index (χ1n) is 8.04. The Morgan fingerprint density at radius 2 is 1.75 bits per heavy atom. The lowest BCUT2D eigenvalue weighted by Gasteiger charge is -2.22. The first-order valence-corrected chi connectivity index (χ1v) is 8.42. The van der Waals surface area contributed by atoms with Crippen molar-refractivity contribution in [2.45, 2.75) is 6.92 Å². The summed E-state index contributed by atoms with van der Waals surface area (Å²) in [6.45, 7) is 1.62. The predicted octanol–water partition coefficient (Wildman–Crippen LogP) is 3.34. The highest BCUT2D eigenvalue weighted by atomic mass is 35.5. The minimum atomic E-state index is -1.12. The van der Waals surface area contributed by atoms with Crippen molar-refractivity contribution in [1.29, 1.82) is 0 Å². The van der Waals surface area contributed by atoms with Crippen molar-refractivity contribution in [2.75, 3.05) is 14.2 Å². The molecule has 0 atom stereocenters. The van der Waals surface area contributed by atoms with Gasteiger partial charge in [-0.2, -0.15) is 0 Å². The largest absolute Gasteiger partial charge is 0.507 e. The molecule has 0 bridgehead atoms. The van der Waals surface area contributed by atoms with Crippen molar-refractivity contribution in [3.8, 4) is 11.5 Å². The maximum absolute atomic E-state index is 12.8. The number of halogens is 1. The summed E-state index contributed by atoms with van der Waals surface area (Å²) in [6.07, 6.45) is 0. The van der Waals surface area contributed by atoms with E-state index in [2.05, 4.69) is 0 Å². The number of esters is 1. The molecule has 1 aliphatic carbocycles. The summed E-state index contributed by atoms with van der Waals surface area (Å²) in [5.74, 6) is -3.99. The van der Waals surface area contributed by atoms with Gasteiger partial charge in [0.15, 0.2) is 0 Å². The molecule has 8 heteroatoms. The molecular weight excluding hydrogens is 388 g/mol. The second-order valence-electron chi connectivity index (χ2n) is 6.03. The fourth-order valence-corrected chi connectivity index (χ4v) is 3.37. The highest BCUT2D eigenvalue weighted by Crippen LogP contribution is 2.43. The van der Waals surface area contributed by atoms with Crippen LogP contribution in [0.3, 0.4) is 0 Å². The number of aryl methyl sites for hydroxylation is 1. The number of phenolic OH excluding ortho intramolecular Hbond substituents is 1. The number of ketones is 2. The summed E-state index contributed by atoms with van der Waals surface area (Å²) in [7, 11) is 2.44. The van der Waals surface area contributed by atoms with Gasteiger partial charge in [0.25, 0.3) is 0 Å². The monoisotopic (exact) mass is 402 g/mol. The van der Waals surface area contributed by atoms with Crippen LogP contribution in [0.2, 0.25) is 5.02 Å². The van der Waals surface area contributed by atoms with Gasteiger partial charge in [0.05, 0.1) is 35.9 Å². The number of aliphatic hydroxyl groups excluding tert-OH is 1. The number of rotatable bonds is 3. The average molecular weight is 403 g/mol. The summed E-state index contributed by atoms with van der Waals surface area (Å²) >= 11 is 6.28. The summed E-state index contributed by atoms with van der Waals surface area (Å²) in [4.78, 5) is 37.9. The first-order chi connectivity index (χ1) is 13.2. The van der Waals surface area contributed by atoms with Crippen LogP contribution in [0.15, 0.2) is 24.3 Å². The zero-order valence-corrected chi connectivity index (χ0v) is 15.9. The Labute approximate surface area is 164 Å². The topological polar surface area (TPSA) is 110 Å². The number of methoxy groups -OCH3 is 2. The number of ether oxygens (including phenoxy) is 2. The summed E-state index contributed by atoms with van der Waals surface area (Å²) in [6, 6.07) is 5.48. The molecular formula is C20H15ClO7. The van der Waals surface area contributed by atoms with Gasteiger partial charge >= 0.3 is 5.97 Å². The summed E-state index contributed by atoms with van der Waals surface area (Å²) in [5, 5.41) is 20.7. The Morgan fingerprint density at radius 3 is 2.36 bits per heavy atom. The zero-order valence-electron chi connectivity index (χ0n) is 15.1. The van der Waals surface area contributed by atoms with Crippen LogP contribution >= 0.6 is 11.6 Å². The van der Waals surface area contributed by atoms with Crippen LogP contribution in [0.1, 0.15) is 37.4 Å². The molecule has 0 saturated carbocycles. The number of benzene rings is 2. The Bertz CT molecular complexity index is 1080. The smallest absolute Gasteiger partial charge is 0.340 e. The van der Waals surface area contributed by atoms with Crippen LogP contribution in [0.4, 0.5) is 0 Å². The van der Waals surface area contributed by atoms with Gasteiger partial charge < -0.3 is 19.7 Å². The van der Waals surface area contributed by atoms with E-state index >= 15 is 0 Å². The third-order valence-electron chi connectivity index (χ3n) is 4.46. The maximum Gasteiger partial charge on any atom is 0.340 e. The molecule has 2 N–H and O–H groups in total. The van der Waals surface area contributed by atoms with Crippen LogP contribution in [0.5, 0.6) is 11.5 Å². The normalized spacial score (nSPS) is 13.4. The van der Waals surface area contributed by atoms with E-state index in [1.807, 2.05) is 0 Å². The summed E-state index contributed by atoms with van der Waals surface area (Å²) in [5.41, 5.74) is -0.723. The van der Waals surface area contributed by atoms with Crippen LogP contribution in [0.25, 0.3) is 11.3 Å². The Hall–Kier alpha value is -3.32.